The summed E-state index contributed by atoms with van der Waals surface area (Å²) >= 11 is 1.21. The second-order valence-corrected chi connectivity index (χ2v) is 10.4. The molecule has 2 aliphatic rings. The summed E-state index contributed by atoms with van der Waals surface area (Å²) < 4.78 is 0. The summed E-state index contributed by atoms with van der Waals surface area (Å²) in [6, 6.07) is 8.04. The number of amides is 3. The van der Waals surface area contributed by atoms with Crippen molar-refractivity contribution in [3.8, 4) is 0 Å². The fraction of sp³-hybridized carbons (Fsp3) is 0.462. The molecule has 38 heavy (non-hydrogen) atoms. The zero-order chi connectivity index (χ0) is 27.1. The van der Waals surface area contributed by atoms with Crippen LogP contribution in [0.3, 0.4) is 0 Å². The van der Waals surface area contributed by atoms with Crippen molar-refractivity contribution >= 4 is 40.8 Å². The maximum absolute atomic E-state index is 13.3. The molecule has 202 valence electrons. The van der Waals surface area contributed by atoms with Gasteiger partial charge in [-0.3, -0.25) is 24.2 Å². The number of Topliss-reactive ketones (excluding diaryl/α,β-unsaturated/α-hetero) is 1. The van der Waals surface area contributed by atoms with E-state index in [1.807, 2.05) is 30.3 Å². The molecule has 2 fully saturated rings. The molecule has 2 saturated heterocycles. The molecular weight excluding hydrogens is 506 g/mol. The second-order valence-electron chi connectivity index (χ2n) is 9.52. The molecular formula is C26H33N7O4S. The van der Waals surface area contributed by atoms with Gasteiger partial charge in [-0.1, -0.05) is 30.3 Å². The maximum Gasteiger partial charge on any atom is 0.243 e. The number of hydrogen-bond donors (Lipinski definition) is 3. The Labute approximate surface area is 225 Å². The Morgan fingerprint density at radius 1 is 1.18 bits per heavy atom. The number of piperazine rings is 1. The summed E-state index contributed by atoms with van der Waals surface area (Å²) in [5, 5.41) is 4.86. The molecule has 3 heterocycles. The molecule has 1 unspecified atom stereocenters. The predicted molar refractivity (Wildman–Crippen MR) is 143 cm³/mol. The van der Waals surface area contributed by atoms with Crippen LogP contribution in [0.1, 0.15) is 47.5 Å². The smallest absolute Gasteiger partial charge is 0.243 e. The van der Waals surface area contributed by atoms with Crippen molar-refractivity contribution < 1.29 is 19.2 Å². The van der Waals surface area contributed by atoms with E-state index >= 15 is 0 Å². The molecule has 5 N–H and O–H groups in total. The van der Waals surface area contributed by atoms with Gasteiger partial charge in [-0.05, 0) is 37.7 Å². The Bertz CT molecular complexity index is 1170. The van der Waals surface area contributed by atoms with Crippen LogP contribution in [0, 0.1) is 0 Å². The number of aryl methyl sites for hydroxylation is 1. The lowest BCUT2D eigenvalue weighted by Crippen LogP contribution is -2.60. The maximum atomic E-state index is 13.3. The van der Waals surface area contributed by atoms with E-state index in [1.54, 1.807) is 15.2 Å². The topological polar surface area (TPSA) is 164 Å². The van der Waals surface area contributed by atoms with E-state index in [4.69, 9.17) is 11.5 Å². The third kappa shape index (κ3) is 6.74. The van der Waals surface area contributed by atoms with Gasteiger partial charge in [0.05, 0.1) is 18.6 Å². The predicted octanol–water partition coefficient (Wildman–Crippen LogP) is 0.699. The average Bonchev–Trinajstić information content (AvgIpc) is 3.60. The molecule has 1 aromatic carbocycles. The van der Waals surface area contributed by atoms with Crippen LogP contribution >= 0.6 is 11.3 Å². The lowest BCUT2D eigenvalue weighted by molar-refractivity contribution is -0.151. The van der Waals surface area contributed by atoms with Gasteiger partial charge in [0.2, 0.25) is 23.5 Å². The molecule has 12 heteroatoms. The number of nitrogens with zero attached hydrogens (tertiary/aromatic N) is 4. The standard InChI is InChI=1S/C26H33N7O4S/c27-26(28)30-12-4-7-19(23(36)25-29-13-14-38-25)31-24(37)20-10-9-18-15-32(16-22(35)33(18)20)21(34)11-8-17-5-2-1-3-6-17/h1-3,5-6,13-14,18-20H,4,7-12,15-16H2,(H,31,37)(H4,27,28,30)/t18-,19?,20-/m0/s1. The lowest BCUT2D eigenvalue weighted by Gasteiger charge is -2.39. The van der Waals surface area contributed by atoms with Gasteiger partial charge in [-0.15, -0.1) is 11.3 Å². The van der Waals surface area contributed by atoms with Crippen LogP contribution in [0.25, 0.3) is 0 Å². The second kappa shape index (κ2) is 12.6. The highest BCUT2D eigenvalue weighted by Gasteiger charge is 2.46. The van der Waals surface area contributed by atoms with Gasteiger partial charge in [0.25, 0.3) is 0 Å². The zero-order valence-electron chi connectivity index (χ0n) is 21.1. The fourth-order valence-electron chi connectivity index (χ4n) is 5.04. The number of nitrogens with one attached hydrogen (secondary N) is 1. The number of carbonyl (C=O) groups excluding carboxylic acids is 4. The molecule has 0 spiro atoms. The van der Waals surface area contributed by atoms with Crippen LogP contribution < -0.4 is 16.8 Å². The molecule has 0 saturated carbocycles. The van der Waals surface area contributed by atoms with E-state index in [1.165, 1.54) is 17.5 Å². The zero-order valence-corrected chi connectivity index (χ0v) is 21.9. The van der Waals surface area contributed by atoms with E-state index in [0.29, 0.717) is 56.6 Å². The Balaban J connectivity index is 1.36. The molecule has 3 atom stereocenters. The van der Waals surface area contributed by atoms with E-state index in [9.17, 15) is 19.2 Å². The molecule has 0 bridgehead atoms. The molecule has 11 nitrogen and oxygen atoms in total. The fourth-order valence-corrected chi connectivity index (χ4v) is 5.67. The Kier molecular flexibility index (Phi) is 9.06. The first-order valence-corrected chi connectivity index (χ1v) is 13.6. The summed E-state index contributed by atoms with van der Waals surface area (Å²) in [5.74, 6) is -1.01. The summed E-state index contributed by atoms with van der Waals surface area (Å²) in [4.78, 5) is 63.5. The Morgan fingerprint density at radius 2 is 1.97 bits per heavy atom. The molecule has 2 aromatic rings. The van der Waals surface area contributed by atoms with Crippen molar-refractivity contribution in [2.24, 2.45) is 16.5 Å². The average molecular weight is 540 g/mol. The third-order valence-corrected chi connectivity index (χ3v) is 7.68. The van der Waals surface area contributed by atoms with E-state index < -0.39 is 12.1 Å². The number of rotatable bonds is 11. The van der Waals surface area contributed by atoms with Gasteiger partial charge in [0.1, 0.15) is 6.04 Å². The molecule has 4 rings (SSSR count). The van der Waals surface area contributed by atoms with E-state index in [-0.39, 0.29) is 42.1 Å². The van der Waals surface area contributed by atoms with Gasteiger partial charge in [-0.2, -0.15) is 0 Å². The first kappa shape index (κ1) is 27.2. The normalized spacial score (nSPS) is 19.5. The van der Waals surface area contributed by atoms with Crippen LogP contribution in [0.15, 0.2) is 46.9 Å². The number of nitrogens with two attached hydrogens (primary N) is 2. The molecule has 1 aromatic heterocycles. The van der Waals surface area contributed by atoms with Gasteiger partial charge in [0, 0.05) is 31.1 Å². The minimum Gasteiger partial charge on any atom is -0.370 e. The van der Waals surface area contributed by atoms with Crippen molar-refractivity contribution in [3.63, 3.8) is 0 Å². The highest BCUT2D eigenvalue weighted by molar-refractivity contribution is 7.11. The SMILES string of the molecule is NC(N)=NCCCC(NC(=O)[C@@H]1CC[C@H]2CN(C(=O)CCc3ccccc3)CC(=O)N21)C(=O)c1nccs1. The number of benzene rings is 1. The number of ketones is 1. The van der Waals surface area contributed by atoms with Crippen LogP contribution in [0.2, 0.25) is 0 Å². The third-order valence-electron chi connectivity index (χ3n) is 6.89. The van der Waals surface area contributed by atoms with Crippen LogP contribution in [0.5, 0.6) is 0 Å². The van der Waals surface area contributed by atoms with E-state index in [2.05, 4.69) is 15.3 Å². The number of guanidine groups is 1. The summed E-state index contributed by atoms with van der Waals surface area (Å²) in [6.45, 7) is 0.682. The van der Waals surface area contributed by atoms with Gasteiger partial charge < -0.3 is 26.6 Å². The van der Waals surface area contributed by atoms with Crippen LogP contribution in [-0.2, 0) is 20.8 Å². The van der Waals surface area contributed by atoms with E-state index in [0.717, 1.165) is 5.56 Å². The number of aliphatic imine (C=N–C) groups is 1. The minimum atomic E-state index is -0.808. The summed E-state index contributed by atoms with van der Waals surface area (Å²) in [7, 11) is 0. The Morgan fingerprint density at radius 3 is 2.68 bits per heavy atom. The monoisotopic (exact) mass is 539 g/mol. The first-order chi connectivity index (χ1) is 18.3. The van der Waals surface area contributed by atoms with Gasteiger partial charge >= 0.3 is 0 Å². The van der Waals surface area contributed by atoms with Crippen LogP contribution in [-0.4, -0.2) is 82.0 Å². The highest BCUT2D eigenvalue weighted by atomic mass is 32.1. The lowest BCUT2D eigenvalue weighted by atomic mass is 10.1. The van der Waals surface area contributed by atoms with Crippen molar-refractivity contribution in [2.75, 3.05) is 19.6 Å². The van der Waals surface area contributed by atoms with Crippen molar-refractivity contribution in [3.05, 3.63) is 52.5 Å². The molecule has 0 radical (unpaired) electrons. The first-order valence-electron chi connectivity index (χ1n) is 12.8. The van der Waals surface area contributed by atoms with Crippen molar-refractivity contribution in [1.82, 2.24) is 20.1 Å². The largest absolute Gasteiger partial charge is 0.370 e. The number of fused-ring (bicyclic) bond motifs is 1. The molecule has 0 aliphatic carbocycles. The highest BCUT2D eigenvalue weighted by Crippen LogP contribution is 2.29. The number of thiazole rings is 1. The number of aromatic nitrogens is 1. The summed E-state index contributed by atoms with van der Waals surface area (Å²) in [6.07, 6.45) is 4.37. The molecule has 3 amide bonds. The molecule has 2 aliphatic heterocycles. The van der Waals surface area contributed by atoms with Crippen molar-refractivity contribution in [2.45, 2.75) is 56.7 Å². The Hall–Kier alpha value is -3.80. The number of hydrogen-bond acceptors (Lipinski definition) is 7. The quantitative estimate of drug-likeness (QED) is 0.164. The van der Waals surface area contributed by atoms with Crippen LogP contribution in [0.4, 0.5) is 0 Å². The van der Waals surface area contributed by atoms with Crippen molar-refractivity contribution in [1.29, 1.82) is 0 Å². The number of carbonyl (C=O) groups is 4. The van der Waals surface area contributed by atoms with Gasteiger partial charge in [-0.25, -0.2) is 4.98 Å². The van der Waals surface area contributed by atoms with Gasteiger partial charge in [0.15, 0.2) is 11.0 Å². The minimum absolute atomic E-state index is 0.0370. The summed E-state index contributed by atoms with van der Waals surface area (Å²) in [5.41, 5.74) is 11.8.